The number of aromatic nitrogens is 4. The second-order valence-electron chi connectivity index (χ2n) is 3.53. The lowest BCUT2D eigenvalue weighted by Gasteiger charge is -2.03. The van der Waals surface area contributed by atoms with Crippen LogP contribution >= 0.6 is 15.9 Å². The van der Waals surface area contributed by atoms with Crippen LogP contribution in [0.3, 0.4) is 0 Å². The minimum Gasteiger partial charge on any atom is -0.446 e. The van der Waals surface area contributed by atoms with Gasteiger partial charge in [-0.2, -0.15) is 5.10 Å². The number of nitrogens with two attached hydrogens (primary N) is 1. The van der Waals surface area contributed by atoms with E-state index < -0.39 is 0 Å². The topological polar surface area (TPSA) is 82.8 Å². The van der Waals surface area contributed by atoms with Crippen molar-refractivity contribution < 1.29 is 4.42 Å². The monoisotopic (exact) mass is 305 g/mol. The number of furan rings is 1. The fraction of sp³-hybridized carbons (Fsp3) is 0. The maximum absolute atomic E-state index is 5.76. The van der Waals surface area contributed by atoms with Crippen molar-refractivity contribution in [3.8, 4) is 17.4 Å². The molecule has 90 valence electrons. The molecule has 0 saturated carbocycles. The Hall–Kier alpha value is -2.15. The molecule has 0 bridgehead atoms. The predicted molar refractivity (Wildman–Crippen MR) is 69.0 cm³/mol. The van der Waals surface area contributed by atoms with E-state index in [1.165, 1.54) is 0 Å². The van der Waals surface area contributed by atoms with Gasteiger partial charge in [-0.05, 0) is 34.1 Å². The van der Waals surface area contributed by atoms with E-state index in [0.717, 1.165) is 0 Å². The van der Waals surface area contributed by atoms with Crippen LogP contribution in [0.15, 0.2) is 45.7 Å². The lowest BCUT2D eigenvalue weighted by molar-refractivity contribution is 0.551. The third-order valence-corrected chi connectivity index (χ3v) is 2.69. The summed E-state index contributed by atoms with van der Waals surface area (Å²) in [5.74, 6) is 1.92. The van der Waals surface area contributed by atoms with Gasteiger partial charge >= 0.3 is 0 Å². The van der Waals surface area contributed by atoms with Crippen LogP contribution in [0.25, 0.3) is 17.4 Å². The third-order valence-electron chi connectivity index (χ3n) is 2.27. The molecule has 0 aliphatic carbocycles. The van der Waals surface area contributed by atoms with E-state index >= 15 is 0 Å². The zero-order chi connectivity index (χ0) is 12.5. The first-order chi connectivity index (χ1) is 8.72. The molecule has 0 fully saturated rings. The maximum atomic E-state index is 5.76. The lowest BCUT2D eigenvalue weighted by atomic mass is 10.4. The Kier molecular flexibility index (Phi) is 2.60. The highest BCUT2D eigenvalue weighted by Gasteiger charge is 2.10. The second-order valence-corrected chi connectivity index (χ2v) is 4.31. The summed E-state index contributed by atoms with van der Waals surface area (Å²) in [6.45, 7) is 0. The van der Waals surface area contributed by atoms with Crippen LogP contribution in [0.4, 0.5) is 5.82 Å². The van der Waals surface area contributed by atoms with Crippen LogP contribution in [-0.2, 0) is 0 Å². The Bertz CT molecular complexity index is 677. The summed E-state index contributed by atoms with van der Waals surface area (Å²) in [7, 11) is 0. The SMILES string of the molecule is Nc1cc(-n2cccn2)nc(-c2ccc(Br)o2)n1. The van der Waals surface area contributed by atoms with Crippen LogP contribution in [-0.4, -0.2) is 19.7 Å². The van der Waals surface area contributed by atoms with E-state index in [2.05, 4.69) is 31.0 Å². The molecule has 7 heteroatoms. The molecule has 6 nitrogen and oxygen atoms in total. The molecule has 3 aromatic heterocycles. The Morgan fingerprint density at radius 1 is 1.28 bits per heavy atom. The molecule has 0 amide bonds. The van der Waals surface area contributed by atoms with Crippen molar-refractivity contribution in [2.45, 2.75) is 0 Å². The van der Waals surface area contributed by atoms with Crippen molar-refractivity contribution in [2.75, 3.05) is 5.73 Å². The van der Waals surface area contributed by atoms with Gasteiger partial charge in [-0.3, -0.25) is 0 Å². The fourth-order valence-corrected chi connectivity index (χ4v) is 1.83. The molecular formula is C11H8BrN5O. The zero-order valence-electron chi connectivity index (χ0n) is 9.12. The van der Waals surface area contributed by atoms with Gasteiger partial charge in [-0.15, -0.1) is 0 Å². The van der Waals surface area contributed by atoms with E-state index in [0.29, 0.717) is 27.9 Å². The summed E-state index contributed by atoms with van der Waals surface area (Å²) in [6.07, 6.45) is 3.45. The first kappa shape index (κ1) is 11.0. The van der Waals surface area contributed by atoms with E-state index in [1.807, 2.05) is 0 Å². The molecule has 0 atom stereocenters. The normalized spacial score (nSPS) is 10.7. The van der Waals surface area contributed by atoms with E-state index in [-0.39, 0.29) is 0 Å². The summed E-state index contributed by atoms with van der Waals surface area (Å²) in [5, 5.41) is 4.10. The van der Waals surface area contributed by atoms with Gasteiger partial charge in [0.05, 0.1) is 0 Å². The Morgan fingerprint density at radius 2 is 2.17 bits per heavy atom. The van der Waals surface area contributed by atoms with Crippen LogP contribution in [0.2, 0.25) is 0 Å². The summed E-state index contributed by atoms with van der Waals surface area (Å²) in [4.78, 5) is 8.49. The lowest BCUT2D eigenvalue weighted by Crippen LogP contribution is -2.03. The summed E-state index contributed by atoms with van der Waals surface area (Å²) >= 11 is 3.23. The number of anilines is 1. The average molecular weight is 306 g/mol. The molecule has 0 aliphatic rings. The highest BCUT2D eigenvalue weighted by Crippen LogP contribution is 2.23. The van der Waals surface area contributed by atoms with Crippen molar-refractivity contribution in [1.82, 2.24) is 19.7 Å². The van der Waals surface area contributed by atoms with Crippen LogP contribution < -0.4 is 5.73 Å². The highest BCUT2D eigenvalue weighted by atomic mass is 79.9. The molecule has 3 aromatic rings. The quantitative estimate of drug-likeness (QED) is 0.785. The third kappa shape index (κ3) is 2.00. The summed E-state index contributed by atoms with van der Waals surface area (Å²) in [5.41, 5.74) is 5.76. The van der Waals surface area contributed by atoms with Gasteiger partial charge in [0, 0.05) is 18.5 Å². The smallest absolute Gasteiger partial charge is 0.199 e. The average Bonchev–Trinajstić information content (AvgIpc) is 2.98. The first-order valence-electron chi connectivity index (χ1n) is 5.13. The number of rotatable bonds is 2. The molecule has 3 heterocycles. The minimum atomic E-state index is 0.359. The number of hydrogen-bond donors (Lipinski definition) is 1. The standard InChI is InChI=1S/C11H8BrN5O/c12-8-3-2-7(18-8)11-15-9(13)6-10(16-11)17-5-1-4-14-17/h1-6H,(H2,13,15,16). The highest BCUT2D eigenvalue weighted by molar-refractivity contribution is 9.10. The van der Waals surface area contributed by atoms with Crippen molar-refractivity contribution in [3.63, 3.8) is 0 Å². The molecule has 0 radical (unpaired) electrons. The molecule has 0 aliphatic heterocycles. The zero-order valence-corrected chi connectivity index (χ0v) is 10.7. The van der Waals surface area contributed by atoms with E-state index in [1.54, 1.807) is 41.3 Å². The Labute approximate surface area is 111 Å². The molecule has 0 aromatic carbocycles. The van der Waals surface area contributed by atoms with Crippen LogP contribution in [0.1, 0.15) is 0 Å². The minimum absolute atomic E-state index is 0.359. The van der Waals surface area contributed by atoms with Gasteiger partial charge in [0.25, 0.3) is 0 Å². The van der Waals surface area contributed by atoms with Gasteiger partial charge in [0.2, 0.25) is 0 Å². The number of halogens is 1. The molecule has 0 saturated heterocycles. The Morgan fingerprint density at radius 3 is 2.83 bits per heavy atom. The maximum Gasteiger partial charge on any atom is 0.199 e. The summed E-state index contributed by atoms with van der Waals surface area (Å²) in [6, 6.07) is 7.00. The fourth-order valence-electron chi connectivity index (χ4n) is 1.52. The molecule has 0 unspecified atom stereocenters. The van der Waals surface area contributed by atoms with Crippen molar-refractivity contribution in [3.05, 3.63) is 41.3 Å². The Balaban J connectivity index is 2.11. The number of nitrogens with zero attached hydrogens (tertiary/aromatic N) is 4. The van der Waals surface area contributed by atoms with Gasteiger partial charge < -0.3 is 10.2 Å². The van der Waals surface area contributed by atoms with Crippen molar-refractivity contribution in [2.24, 2.45) is 0 Å². The van der Waals surface area contributed by atoms with Crippen LogP contribution in [0, 0.1) is 0 Å². The van der Waals surface area contributed by atoms with Gasteiger partial charge in [0.1, 0.15) is 5.82 Å². The van der Waals surface area contributed by atoms with Gasteiger partial charge in [-0.1, -0.05) is 0 Å². The van der Waals surface area contributed by atoms with E-state index in [4.69, 9.17) is 10.2 Å². The summed E-state index contributed by atoms with van der Waals surface area (Å²) < 4.78 is 7.63. The van der Waals surface area contributed by atoms with Crippen molar-refractivity contribution >= 4 is 21.7 Å². The molecule has 3 rings (SSSR count). The molecule has 2 N–H and O–H groups in total. The largest absolute Gasteiger partial charge is 0.446 e. The van der Waals surface area contributed by atoms with Gasteiger partial charge in [-0.25, -0.2) is 14.6 Å². The predicted octanol–water partition coefficient (Wildman–Crippen LogP) is 2.27. The second kappa shape index (κ2) is 4.26. The molecule has 0 spiro atoms. The number of hydrogen-bond acceptors (Lipinski definition) is 5. The number of nitrogen functional groups attached to an aromatic ring is 1. The van der Waals surface area contributed by atoms with E-state index in [9.17, 15) is 0 Å². The first-order valence-corrected chi connectivity index (χ1v) is 5.92. The van der Waals surface area contributed by atoms with Crippen LogP contribution in [0.5, 0.6) is 0 Å². The van der Waals surface area contributed by atoms with Gasteiger partial charge in [0.15, 0.2) is 22.1 Å². The van der Waals surface area contributed by atoms with Crippen molar-refractivity contribution in [1.29, 1.82) is 0 Å². The molecular weight excluding hydrogens is 298 g/mol. The molecule has 18 heavy (non-hydrogen) atoms.